The van der Waals surface area contributed by atoms with Crippen molar-refractivity contribution in [2.24, 2.45) is 0 Å². The van der Waals surface area contributed by atoms with Crippen molar-refractivity contribution < 1.29 is 22.3 Å². The highest BCUT2D eigenvalue weighted by Gasteiger charge is 2.35. The zero-order valence-electron chi connectivity index (χ0n) is 12.9. The molecule has 0 radical (unpaired) electrons. The number of hydrogen-bond acceptors (Lipinski definition) is 4. The maximum absolute atomic E-state index is 14.0. The third kappa shape index (κ3) is 3.33. The van der Waals surface area contributed by atoms with E-state index in [1.807, 2.05) is 4.90 Å². The van der Waals surface area contributed by atoms with E-state index in [1.165, 1.54) is 19.4 Å². The summed E-state index contributed by atoms with van der Waals surface area (Å²) in [6.45, 7) is 1.15. The second-order valence-corrected chi connectivity index (χ2v) is 5.54. The Bertz CT molecular complexity index is 749. The van der Waals surface area contributed by atoms with E-state index in [9.17, 15) is 17.6 Å². The summed E-state index contributed by atoms with van der Waals surface area (Å²) in [5, 5.41) is 0. The number of halogens is 4. The normalized spacial score (nSPS) is 15.2. The maximum Gasteiger partial charge on any atom is 0.451 e. The minimum Gasteiger partial charge on any atom is -0.496 e. The van der Waals surface area contributed by atoms with Crippen LogP contribution < -0.4 is 4.74 Å². The Kier molecular flexibility index (Phi) is 4.40. The van der Waals surface area contributed by atoms with E-state index < -0.39 is 12.0 Å². The molecule has 4 nitrogen and oxygen atoms in total. The predicted octanol–water partition coefficient (Wildman–Crippen LogP) is 3.20. The largest absolute Gasteiger partial charge is 0.496 e. The fourth-order valence-corrected chi connectivity index (χ4v) is 2.75. The van der Waals surface area contributed by atoms with Gasteiger partial charge in [0.25, 0.3) is 0 Å². The lowest BCUT2D eigenvalue weighted by atomic mass is 10.1. The molecular weight excluding hydrogens is 326 g/mol. The van der Waals surface area contributed by atoms with E-state index in [4.69, 9.17) is 4.74 Å². The first-order valence-electron chi connectivity index (χ1n) is 7.34. The van der Waals surface area contributed by atoms with Crippen molar-refractivity contribution in [3.05, 3.63) is 52.9 Å². The molecule has 8 heteroatoms. The number of nitrogens with zero attached hydrogens (tertiary/aromatic N) is 3. The number of ether oxygens (including phenoxy) is 1. The molecule has 24 heavy (non-hydrogen) atoms. The summed E-state index contributed by atoms with van der Waals surface area (Å²) in [6.07, 6.45) is -2.99. The predicted molar refractivity (Wildman–Crippen MR) is 77.8 cm³/mol. The van der Waals surface area contributed by atoms with Gasteiger partial charge in [-0.05, 0) is 12.1 Å². The van der Waals surface area contributed by atoms with Crippen LogP contribution in [0.3, 0.4) is 0 Å². The number of methoxy groups -OCH3 is 1. The van der Waals surface area contributed by atoms with Crippen LogP contribution in [0.4, 0.5) is 17.6 Å². The van der Waals surface area contributed by atoms with Gasteiger partial charge in [-0.3, -0.25) is 4.90 Å². The molecule has 1 aromatic heterocycles. The van der Waals surface area contributed by atoms with Gasteiger partial charge < -0.3 is 4.74 Å². The molecule has 0 saturated heterocycles. The highest BCUT2D eigenvalue weighted by Crippen LogP contribution is 2.29. The van der Waals surface area contributed by atoms with Gasteiger partial charge in [0.1, 0.15) is 11.6 Å². The van der Waals surface area contributed by atoms with Crippen LogP contribution in [0.1, 0.15) is 22.6 Å². The van der Waals surface area contributed by atoms with Gasteiger partial charge in [-0.1, -0.05) is 6.07 Å². The Morgan fingerprint density at radius 1 is 1.29 bits per heavy atom. The molecule has 1 aliphatic rings. The molecule has 0 spiro atoms. The van der Waals surface area contributed by atoms with Crippen LogP contribution in [0.15, 0.2) is 24.4 Å². The average Bonchev–Trinajstić information content (AvgIpc) is 2.55. The first kappa shape index (κ1) is 16.6. The summed E-state index contributed by atoms with van der Waals surface area (Å²) in [7, 11) is 1.47. The lowest BCUT2D eigenvalue weighted by Gasteiger charge is -2.28. The van der Waals surface area contributed by atoms with E-state index in [0.29, 0.717) is 48.6 Å². The van der Waals surface area contributed by atoms with E-state index >= 15 is 0 Å². The zero-order valence-corrected chi connectivity index (χ0v) is 12.9. The topological polar surface area (TPSA) is 38.2 Å². The fourth-order valence-electron chi connectivity index (χ4n) is 2.75. The molecule has 0 amide bonds. The van der Waals surface area contributed by atoms with Crippen LogP contribution in [0.5, 0.6) is 5.75 Å². The van der Waals surface area contributed by atoms with Crippen LogP contribution in [0.25, 0.3) is 0 Å². The summed E-state index contributed by atoms with van der Waals surface area (Å²) in [5.74, 6) is -1.04. The number of rotatable bonds is 3. The van der Waals surface area contributed by atoms with E-state index in [0.717, 1.165) is 0 Å². The molecular formula is C16H15F4N3O. The zero-order chi connectivity index (χ0) is 17.3. The van der Waals surface area contributed by atoms with Gasteiger partial charge in [0, 0.05) is 43.4 Å². The van der Waals surface area contributed by atoms with Crippen molar-refractivity contribution in [2.45, 2.75) is 25.7 Å². The Labute approximate surface area is 136 Å². The highest BCUT2D eigenvalue weighted by atomic mass is 19.4. The second-order valence-electron chi connectivity index (χ2n) is 5.54. The first-order valence-corrected chi connectivity index (χ1v) is 7.34. The van der Waals surface area contributed by atoms with Crippen molar-refractivity contribution in [2.75, 3.05) is 13.7 Å². The number of alkyl halides is 3. The monoisotopic (exact) mass is 341 g/mol. The smallest absolute Gasteiger partial charge is 0.451 e. The van der Waals surface area contributed by atoms with Gasteiger partial charge in [0.15, 0.2) is 0 Å². The quantitative estimate of drug-likeness (QED) is 0.804. The molecule has 0 aliphatic carbocycles. The minimum atomic E-state index is -4.55. The summed E-state index contributed by atoms with van der Waals surface area (Å²) < 4.78 is 57.2. The molecule has 3 rings (SSSR count). The molecule has 128 valence electrons. The molecule has 1 aliphatic heterocycles. The molecule has 0 bridgehead atoms. The lowest BCUT2D eigenvalue weighted by Crippen LogP contribution is -2.32. The van der Waals surface area contributed by atoms with Crippen molar-refractivity contribution in [3.63, 3.8) is 0 Å². The van der Waals surface area contributed by atoms with Crippen LogP contribution in [-0.2, 0) is 25.7 Å². The minimum absolute atomic E-state index is 0.302. The van der Waals surface area contributed by atoms with Crippen molar-refractivity contribution in [3.8, 4) is 5.75 Å². The third-order valence-electron chi connectivity index (χ3n) is 3.94. The molecule has 2 heterocycles. The van der Waals surface area contributed by atoms with Crippen LogP contribution >= 0.6 is 0 Å². The Morgan fingerprint density at radius 3 is 2.79 bits per heavy atom. The van der Waals surface area contributed by atoms with E-state index in [2.05, 4.69) is 9.97 Å². The van der Waals surface area contributed by atoms with Crippen LogP contribution in [0.2, 0.25) is 0 Å². The first-order chi connectivity index (χ1) is 11.4. The van der Waals surface area contributed by atoms with E-state index in [1.54, 1.807) is 12.1 Å². The summed E-state index contributed by atoms with van der Waals surface area (Å²) in [4.78, 5) is 8.94. The number of benzene rings is 1. The van der Waals surface area contributed by atoms with Crippen molar-refractivity contribution in [1.82, 2.24) is 14.9 Å². The molecule has 0 fully saturated rings. The fraction of sp³-hybridized carbons (Fsp3) is 0.375. The van der Waals surface area contributed by atoms with Crippen LogP contribution in [0, 0.1) is 5.82 Å². The Morgan fingerprint density at radius 2 is 2.08 bits per heavy atom. The second kappa shape index (κ2) is 6.35. The van der Waals surface area contributed by atoms with Gasteiger partial charge in [0.05, 0.1) is 12.8 Å². The van der Waals surface area contributed by atoms with Gasteiger partial charge in [-0.15, -0.1) is 0 Å². The maximum atomic E-state index is 14.0. The third-order valence-corrected chi connectivity index (χ3v) is 3.94. The van der Waals surface area contributed by atoms with Gasteiger partial charge in [-0.25, -0.2) is 14.4 Å². The molecule has 2 aromatic rings. The standard InChI is InChI=1S/C16H15F4N3O/c1-24-14-4-2-3-12(17)11(14)9-23-6-5-13-10(8-23)7-21-15(22-13)16(18,19)20/h2-4,7H,5-6,8-9H2,1H3. The number of aromatic nitrogens is 2. The molecule has 0 unspecified atom stereocenters. The molecule has 0 N–H and O–H groups in total. The SMILES string of the molecule is COc1cccc(F)c1CN1CCc2nc(C(F)(F)F)ncc2C1. The Hall–Kier alpha value is -2.22. The van der Waals surface area contributed by atoms with Gasteiger partial charge >= 0.3 is 6.18 Å². The highest BCUT2D eigenvalue weighted by molar-refractivity contribution is 5.35. The van der Waals surface area contributed by atoms with Gasteiger partial charge in [0.2, 0.25) is 5.82 Å². The summed E-state index contributed by atoms with van der Waals surface area (Å²) >= 11 is 0. The summed E-state index contributed by atoms with van der Waals surface area (Å²) in [5.41, 5.74) is 1.45. The van der Waals surface area contributed by atoms with Gasteiger partial charge in [-0.2, -0.15) is 13.2 Å². The Balaban J connectivity index is 1.79. The summed E-state index contributed by atoms with van der Waals surface area (Å²) in [6, 6.07) is 4.60. The van der Waals surface area contributed by atoms with Crippen molar-refractivity contribution >= 4 is 0 Å². The number of hydrogen-bond donors (Lipinski definition) is 0. The van der Waals surface area contributed by atoms with Crippen molar-refractivity contribution in [1.29, 1.82) is 0 Å². The molecule has 0 atom stereocenters. The number of fused-ring (bicyclic) bond motifs is 1. The average molecular weight is 341 g/mol. The molecule has 1 aromatic carbocycles. The van der Waals surface area contributed by atoms with E-state index in [-0.39, 0.29) is 5.82 Å². The molecule has 0 saturated carbocycles. The lowest BCUT2D eigenvalue weighted by molar-refractivity contribution is -0.145. The van der Waals surface area contributed by atoms with Crippen LogP contribution in [-0.4, -0.2) is 28.5 Å².